The van der Waals surface area contributed by atoms with Crippen molar-refractivity contribution in [2.45, 2.75) is 25.8 Å². The molecule has 1 saturated carbocycles. The summed E-state index contributed by atoms with van der Waals surface area (Å²) in [7, 11) is 1.67. The van der Waals surface area contributed by atoms with Gasteiger partial charge in [0.05, 0.1) is 11.8 Å². The van der Waals surface area contributed by atoms with Gasteiger partial charge in [0, 0.05) is 23.6 Å². The van der Waals surface area contributed by atoms with Crippen molar-refractivity contribution < 1.29 is 14.7 Å². The van der Waals surface area contributed by atoms with Crippen LogP contribution in [0.25, 0.3) is 0 Å². The fraction of sp³-hybridized carbons (Fsp3) is 0.467. The molecule has 1 aliphatic rings. The molecule has 4 nitrogen and oxygen atoms in total. The fourth-order valence-corrected chi connectivity index (χ4v) is 3.46. The number of aliphatic carboxylic acids is 1. The van der Waals surface area contributed by atoms with Crippen molar-refractivity contribution in [3.63, 3.8) is 0 Å². The first-order chi connectivity index (χ1) is 9.88. The smallest absolute Gasteiger partial charge is 0.307 e. The van der Waals surface area contributed by atoms with Crippen molar-refractivity contribution in [1.29, 1.82) is 0 Å². The number of amides is 1. The van der Waals surface area contributed by atoms with Crippen LogP contribution in [0, 0.1) is 11.8 Å². The standard InChI is InChI=1S/C15H17Cl2NO3/c1-18(8-9-5-10(16)7-11(17)6-9)14(19)12-3-2-4-13(12)15(20)21/h5-7,12-13H,2-4,8H2,1H3,(H,20,21). The largest absolute Gasteiger partial charge is 0.481 e. The number of carboxylic acid groups (broad SMARTS) is 1. The van der Waals surface area contributed by atoms with E-state index in [2.05, 4.69) is 0 Å². The van der Waals surface area contributed by atoms with Crippen LogP contribution in [0.1, 0.15) is 24.8 Å². The summed E-state index contributed by atoms with van der Waals surface area (Å²) in [5, 5.41) is 10.2. The molecule has 2 rings (SSSR count). The molecule has 1 aromatic rings. The minimum Gasteiger partial charge on any atom is -0.481 e. The molecular formula is C15H17Cl2NO3. The maximum absolute atomic E-state index is 12.4. The van der Waals surface area contributed by atoms with E-state index >= 15 is 0 Å². The molecule has 0 saturated heterocycles. The van der Waals surface area contributed by atoms with Gasteiger partial charge >= 0.3 is 5.97 Å². The van der Waals surface area contributed by atoms with E-state index in [1.54, 1.807) is 30.1 Å². The van der Waals surface area contributed by atoms with Crippen LogP contribution in [0.4, 0.5) is 0 Å². The summed E-state index contributed by atoms with van der Waals surface area (Å²) in [5.74, 6) is -2.01. The van der Waals surface area contributed by atoms with Gasteiger partial charge in [0.2, 0.25) is 5.91 Å². The van der Waals surface area contributed by atoms with E-state index in [9.17, 15) is 14.7 Å². The van der Waals surface area contributed by atoms with Gasteiger partial charge in [-0.2, -0.15) is 0 Å². The number of hydrogen-bond donors (Lipinski definition) is 1. The molecule has 1 N–H and O–H groups in total. The van der Waals surface area contributed by atoms with Crippen LogP contribution in [0.2, 0.25) is 10.0 Å². The first-order valence-corrected chi connectivity index (χ1v) is 7.57. The maximum Gasteiger partial charge on any atom is 0.307 e. The van der Waals surface area contributed by atoms with Gasteiger partial charge < -0.3 is 10.0 Å². The molecule has 0 radical (unpaired) electrons. The number of carbonyl (C=O) groups excluding carboxylic acids is 1. The van der Waals surface area contributed by atoms with E-state index in [0.717, 1.165) is 12.0 Å². The third-order valence-electron chi connectivity index (χ3n) is 3.87. The summed E-state index contributed by atoms with van der Waals surface area (Å²) in [5.41, 5.74) is 0.827. The predicted octanol–water partition coefficient (Wildman–Crippen LogP) is 3.45. The second kappa shape index (κ2) is 6.67. The number of rotatable bonds is 4. The molecule has 2 atom stereocenters. The van der Waals surface area contributed by atoms with Crippen LogP contribution < -0.4 is 0 Å². The van der Waals surface area contributed by atoms with Gasteiger partial charge in [-0.15, -0.1) is 0 Å². The van der Waals surface area contributed by atoms with Gasteiger partial charge in [0.25, 0.3) is 0 Å². The average molecular weight is 330 g/mol. The Bertz CT molecular complexity index is 542. The highest BCUT2D eigenvalue weighted by Gasteiger charge is 2.38. The third-order valence-corrected chi connectivity index (χ3v) is 4.31. The van der Waals surface area contributed by atoms with E-state index in [4.69, 9.17) is 23.2 Å². The zero-order valence-corrected chi connectivity index (χ0v) is 13.2. The molecule has 6 heteroatoms. The van der Waals surface area contributed by atoms with Crippen molar-refractivity contribution >= 4 is 35.1 Å². The minimum absolute atomic E-state index is 0.129. The Morgan fingerprint density at radius 1 is 1.19 bits per heavy atom. The molecule has 1 aliphatic carbocycles. The van der Waals surface area contributed by atoms with Gasteiger partial charge in [-0.25, -0.2) is 0 Å². The van der Waals surface area contributed by atoms with Crippen molar-refractivity contribution in [2.75, 3.05) is 7.05 Å². The zero-order chi connectivity index (χ0) is 15.6. The molecule has 0 aliphatic heterocycles. The van der Waals surface area contributed by atoms with Crippen LogP contribution in [0.15, 0.2) is 18.2 Å². The Balaban J connectivity index is 2.07. The van der Waals surface area contributed by atoms with Crippen LogP contribution in [0.3, 0.4) is 0 Å². The first kappa shape index (κ1) is 16.1. The van der Waals surface area contributed by atoms with E-state index in [1.165, 1.54) is 0 Å². The van der Waals surface area contributed by atoms with Crippen molar-refractivity contribution in [2.24, 2.45) is 11.8 Å². The lowest BCUT2D eigenvalue weighted by Crippen LogP contribution is -2.36. The van der Waals surface area contributed by atoms with Crippen molar-refractivity contribution in [3.8, 4) is 0 Å². The summed E-state index contributed by atoms with van der Waals surface area (Å²) in [6.07, 6.45) is 1.99. The van der Waals surface area contributed by atoms with Gasteiger partial charge in [0.15, 0.2) is 0 Å². The zero-order valence-electron chi connectivity index (χ0n) is 11.7. The molecule has 114 valence electrons. The molecular weight excluding hydrogens is 313 g/mol. The Hall–Kier alpha value is -1.26. The highest BCUT2D eigenvalue weighted by Crippen LogP contribution is 2.33. The third kappa shape index (κ3) is 3.89. The second-order valence-corrected chi connectivity index (χ2v) is 6.33. The van der Waals surface area contributed by atoms with E-state index in [-0.39, 0.29) is 5.91 Å². The van der Waals surface area contributed by atoms with E-state index in [0.29, 0.717) is 29.4 Å². The summed E-state index contributed by atoms with van der Waals surface area (Å²) in [4.78, 5) is 25.2. The van der Waals surface area contributed by atoms with Crippen LogP contribution >= 0.6 is 23.2 Å². The second-order valence-electron chi connectivity index (χ2n) is 5.45. The molecule has 0 heterocycles. The van der Waals surface area contributed by atoms with Gasteiger partial charge in [-0.05, 0) is 36.6 Å². The topological polar surface area (TPSA) is 57.6 Å². The normalized spacial score (nSPS) is 21.3. The van der Waals surface area contributed by atoms with Crippen LogP contribution in [0.5, 0.6) is 0 Å². The molecule has 2 unspecified atom stereocenters. The number of halogens is 2. The molecule has 1 aromatic carbocycles. The van der Waals surface area contributed by atoms with Crippen LogP contribution in [-0.2, 0) is 16.1 Å². The molecule has 1 fully saturated rings. The Morgan fingerprint density at radius 2 is 1.76 bits per heavy atom. The van der Waals surface area contributed by atoms with Gasteiger partial charge in [0.1, 0.15) is 0 Å². The highest BCUT2D eigenvalue weighted by molar-refractivity contribution is 6.34. The monoisotopic (exact) mass is 329 g/mol. The SMILES string of the molecule is CN(Cc1cc(Cl)cc(Cl)c1)C(=O)C1CCCC1C(=O)O. The lowest BCUT2D eigenvalue weighted by atomic mass is 9.95. The van der Waals surface area contributed by atoms with Gasteiger partial charge in [-0.1, -0.05) is 29.6 Å². The summed E-state index contributed by atoms with van der Waals surface area (Å²) < 4.78 is 0. The first-order valence-electron chi connectivity index (χ1n) is 6.81. The molecule has 1 amide bonds. The number of carboxylic acids is 1. The fourth-order valence-electron chi connectivity index (χ4n) is 2.89. The summed E-state index contributed by atoms with van der Waals surface area (Å²) >= 11 is 11.9. The number of carbonyl (C=O) groups is 2. The van der Waals surface area contributed by atoms with Crippen molar-refractivity contribution in [3.05, 3.63) is 33.8 Å². The number of hydrogen-bond acceptors (Lipinski definition) is 2. The quantitative estimate of drug-likeness (QED) is 0.920. The van der Waals surface area contributed by atoms with Crippen LogP contribution in [-0.4, -0.2) is 28.9 Å². The molecule has 0 bridgehead atoms. The Morgan fingerprint density at radius 3 is 2.33 bits per heavy atom. The van der Waals surface area contributed by atoms with E-state index < -0.39 is 17.8 Å². The van der Waals surface area contributed by atoms with Crippen molar-refractivity contribution in [1.82, 2.24) is 4.90 Å². The van der Waals surface area contributed by atoms with E-state index in [1.807, 2.05) is 0 Å². The highest BCUT2D eigenvalue weighted by atomic mass is 35.5. The lowest BCUT2D eigenvalue weighted by Gasteiger charge is -2.23. The molecule has 0 spiro atoms. The summed E-state index contributed by atoms with van der Waals surface area (Å²) in [6, 6.07) is 5.13. The average Bonchev–Trinajstić information content (AvgIpc) is 2.85. The molecule has 21 heavy (non-hydrogen) atoms. The summed E-state index contributed by atoms with van der Waals surface area (Å²) in [6.45, 7) is 0.363. The van der Waals surface area contributed by atoms with Gasteiger partial charge in [-0.3, -0.25) is 9.59 Å². The minimum atomic E-state index is -0.884. The molecule has 0 aromatic heterocycles. The Labute approximate surface area is 133 Å². The lowest BCUT2D eigenvalue weighted by molar-refractivity contribution is -0.148. The predicted molar refractivity (Wildman–Crippen MR) is 81.4 cm³/mol. The Kier molecular flexibility index (Phi) is 5.12. The number of benzene rings is 1. The maximum atomic E-state index is 12.4. The number of nitrogens with zero attached hydrogens (tertiary/aromatic N) is 1.